The van der Waals surface area contributed by atoms with Crippen LogP contribution in [0.1, 0.15) is 61.0 Å². The van der Waals surface area contributed by atoms with Crippen molar-refractivity contribution < 1.29 is 9.59 Å². The zero-order valence-corrected chi connectivity index (χ0v) is 17.2. The number of fused-ring (bicyclic) bond motifs is 1. The van der Waals surface area contributed by atoms with Gasteiger partial charge in [0.2, 0.25) is 5.91 Å². The molecule has 0 N–H and O–H groups in total. The lowest BCUT2D eigenvalue weighted by molar-refractivity contribution is -0.129. The highest BCUT2D eigenvalue weighted by molar-refractivity contribution is 6.31. The van der Waals surface area contributed by atoms with Crippen molar-refractivity contribution in [3.63, 3.8) is 0 Å². The zero-order chi connectivity index (χ0) is 20.1. The number of nitrogens with zero attached hydrogens (tertiary/aromatic N) is 3. The Balaban J connectivity index is 1.64. The minimum absolute atomic E-state index is 0.0259. The number of piperidine rings is 1. The number of pyridine rings is 1. The fraction of sp³-hybridized carbons (Fsp3) is 0.409. The van der Waals surface area contributed by atoms with Crippen LogP contribution in [-0.2, 0) is 10.3 Å². The molecule has 0 aliphatic carbocycles. The summed E-state index contributed by atoms with van der Waals surface area (Å²) in [5.41, 5.74) is 3.04. The van der Waals surface area contributed by atoms with Gasteiger partial charge in [-0.2, -0.15) is 0 Å². The van der Waals surface area contributed by atoms with Gasteiger partial charge in [0.15, 0.2) is 0 Å². The topological polar surface area (TPSA) is 53.5 Å². The van der Waals surface area contributed by atoms with Crippen molar-refractivity contribution in [1.82, 2.24) is 9.88 Å². The molecular formula is C22H24ClN3O2. The van der Waals surface area contributed by atoms with Crippen LogP contribution in [0.5, 0.6) is 0 Å². The summed E-state index contributed by atoms with van der Waals surface area (Å²) in [6.07, 6.45) is 5.46. The molecule has 6 heteroatoms. The van der Waals surface area contributed by atoms with Crippen molar-refractivity contribution in [2.45, 2.75) is 45.1 Å². The summed E-state index contributed by atoms with van der Waals surface area (Å²) < 4.78 is 0. The summed E-state index contributed by atoms with van der Waals surface area (Å²) >= 11 is 6.18. The van der Waals surface area contributed by atoms with Gasteiger partial charge in [0.25, 0.3) is 5.91 Å². The minimum Gasteiger partial charge on any atom is -0.343 e. The van der Waals surface area contributed by atoms with Gasteiger partial charge in [-0.3, -0.25) is 19.5 Å². The summed E-state index contributed by atoms with van der Waals surface area (Å²) in [6, 6.07) is 7.52. The Bertz CT molecular complexity index is 949. The number of aromatic nitrogens is 1. The molecule has 3 heterocycles. The van der Waals surface area contributed by atoms with Gasteiger partial charge in [0.1, 0.15) is 0 Å². The van der Waals surface area contributed by atoms with E-state index in [1.54, 1.807) is 25.3 Å². The third kappa shape index (κ3) is 3.08. The first-order chi connectivity index (χ1) is 13.3. The lowest BCUT2D eigenvalue weighted by atomic mass is 9.89. The smallest absolute Gasteiger partial charge is 0.259 e. The predicted octanol–water partition coefficient (Wildman–Crippen LogP) is 4.36. The van der Waals surface area contributed by atoms with Crippen LogP contribution in [0, 0.1) is 0 Å². The monoisotopic (exact) mass is 397 g/mol. The summed E-state index contributed by atoms with van der Waals surface area (Å²) in [6.45, 7) is 7.22. The first kappa shape index (κ1) is 18.9. The average Bonchev–Trinajstić information content (AvgIpc) is 2.87. The molecule has 0 radical (unpaired) electrons. The second kappa shape index (κ2) is 6.89. The SMILES string of the molecule is CC(=O)N1CCC(c2cncc(N3C(=O)c4ccc(Cl)cc4C3(C)C)c2)CC1. The molecule has 146 valence electrons. The van der Waals surface area contributed by atoms with Crippen LogP contribution >= 0.6 is 11.6 Å². The first-order valence-electron chi connectivity index (χ1n) is 9.64. The Hall–Kier alpha value is -2.40. The van der Waals surface area contributed by atoms with E-state index in [0.717, 1.165) is 42.7 Å². The summed E-state index contributed by atoms with van der Waals surface area (Å²) in [4.78, 5) is 32.9. The molecule has 1 fully saturated rings. The second-order valence-corrected chi connectivity index (χ2v) is 8.58. The molecule has 2 aromatic rings. The van der Waals surface area contributed by atoms with Crippen LogP contribution in [0.25, 0.3) is 0 Å². The van der Waals surface area contributed by atoms with E-state index in [1.165, 1.54) is 0 Å². The van der Waals surface area contributed by atoms with Gasteiger partial charge in [-0.15, -0.1) is 0 Å². The van der Waals surface area contributed by atoms with Gasteiger partial charge in [0, 0.05) is 36.8 Å². The Morgan fingerprint density at radius 2 is 1.89 bits per heavy atom. The number of benzene rings is 1. The molecule has 4 rings (SSSR count). The number of hydrogen-bond donors (Lipinski definition) is 0. The van der Waals surface area contributed by atoms with Crippen LogP contribution in [0.3, 0.4) is 0 Å². The highest BCUT2D eigenvalue weighted by atomic mass is 35.5. The van der Waals surface area contributed by atoms with Crippen molar-refractivity contribution in [3.8, 4) is 0 Å². The van der Waals surface area contributed by atoms with E-state index in [-0.39, 0.29) is 11.8 Å². The lowest BCUT2D eigenvalue weighted by Gasteiger charge is -2.34. The van der Waals surface area contributed by atoms with Crippen LogP contribution in [0.15, 0.2) is 36.7 Å². The molecule has 1 aromatic heterocycles. The number of hydrogen-bond acceptors (Lipinski definition) is 3. The molecule has 28 heavy (non-hydrogen) atoms. The summed E-state index contributed by atoms with van der Waals surface area (Å²) in [5.74, 6) is 0.453. The first-order valence-corrected chi connectivity index (χ1v) is 10.0. The van der Waals surface area contributed by atoms with Gasteiger partial charge >= 0.3 is 0 Å². The molecule has 2 aliphatic heterocycles. The molecule has 1 aromatic carbocycles. The molecule has 0 unspecified atom stereocenters. The van der Waals surface area contributed by atoms with Crippen molar-refractivity contribution in [3.05, 3.63) is 58.4 Å². The van der Waals surface area contributed by atoms with Crippen molar-refractivity contribution >= 4 is 29.1 Å². The maximum absolute atomic E-state index is 13.1. The highest BCUT2D eigenvalue weighted by Crippen LogP contribution is 2.43. The van der Waals surface area contributed by atoms with E-state index in [0.29, 0.717) is 16.5 Å². The number of carbonyl (C=O) groups excluding carboxylic acids is 2. The number of rotatable bonds is 2. The number of amides is 2. The van der Waals surface area contributed by atoms with E-state index < -0.39 is 5.54 Å². The summed E-state index contributed by atoms with van der Waals surface area (Å²) in [7, 11) is 0. The molecule has 0 saturated carbocycles. The van der Waals surface area contributed by atoms with E-state index in [9.17, 15) is 9.59 Å². The molecule has 2 aliphatic rings. The van der Waals surface area contributed by atoms with Crippen molar-refractivity contribution in [2.24, 2.45) is 0 Å². The Kier molecular flexibility index (Phi) is 4.66. The van der Waals surface area contributed by atoms with Crippen LogP contribution in [0.2, 0.25) is 5.02 Å². The Morgan fingerprint density at radius 3 is 2.57 bits per heavy atom. The summed E-state index contributed by atoms with van der Waals surface area (Å²) in [5, 5.41) is 0.630. The second-order valence-electron chi connectivity index (χ2n) is 8.15. The van der Waals surface area contributed by atoms with E-state index >= 15 is 0 Å². The molecule has 0 bridgehead atoms. The normalized spacial score (nSPS) is 19.1. The van der Waals surface area contributed by atoms with Crippen LogP contribution < -0.4 is 4.90 Å². The predicted molar refractivity (Wildman–Crippen MR) is 110 cm³/mol. The maximum Gasteiger partial charge on any atom is 0.259 e. The largest absolute Gasteiger partial charge is 0.343 e. The third-order valence-corrected chi connectivity index (χ3v) is 6.28. The third-order valence-electron chi connectivity index (χ3n) is 6.05. The fourth-order valence-electron chi connectivity index (χ4n) is 4.46. The van der Waals surface area contributed by atoms with E-state index in [1.807, 2.05) is 35.9 Å². The Labute approximate surface area is 170 Å². The highest BCUT2D eigenvalue weighted by Gasteiger charge is 2.44. The quantitative estimate of drug-likeness (QED) is 0.756. The fourth-order valence-corrected chi connectivity index (χ4v) is 4.63. The standard InChI is InChI=1S/C22H24ClN3O2/c1-14(27)25-8-6-15(7-9-25)16-10-18(13-24-12-16)26-21(28)19-5-4-17(23)11-20(19)22(26,2)3/h4-5,10-13,15H,6-9H2,1-3H3. The molecule has 0 atom stereocenters. The van der Waals surface area contributed by atoms with Gasteiger partial charge in [-0.05, 0) is 68.0 Å². The number of carbonyl (C=O) groups is 2. The zero-order valence-electron chi connectivity index (χ0n) is 16.4. The molecular weight excluding hydrogens is 374 g/mol. The van der Waals surface area contributed by atoms with E-state index in [2.05, 4.69) is 11.1 Å². The van der Waals surface area contributed by atoms with E-state index in [4.69, 9.17) is 11.6 Å². The van der Waals surface area contributed by atoms with Gasteiger partial charge in [-0.25, -0.2) is 0 Å². The number of halogens is 1. The Morgan fingerprint density at radius 1 is 1.18 bits per heavy atom. The number of likely N-dealkylation sites (tertiary alicyclic amines) is 1. The molecule has 2 amide bonds. The minimum atomic E-state index is -0.504. The van der Waals surface area contributed by atoms with Gasteiger partial charge in [-0.1, -0.05) is 11.6 Å². The molecule has 5 nitrogen and oxygen atoms in total. The van der Waals surface area contributed by atoms with Crippen molar-refractivity contribution in [2.75, 3.05) is 18.0 Å². The van der Waals surface area contributed by atoms with Crippen molar-refractivity contribution in [1.29, 1.82) is 0 Å². The van der Waals surface area contributed by atoms with Gasteiger partial charge in [0.05, 0.1) is 17.4 Å². The number of anilines is 1. The average molecular weight is 398 g/mol. The molecule has 0 spiro atoms. The molecule has 1 saturated heterocycles. The van der Waals surface area contributed by atoms with Crippen LogP contribution in [-0.4, -0.2) is 34.8 Å². The van der Waals surface area contributed by atoms with Gasteiger partial charge < -0.3 is 4.90 Å². The lowest BCUT2D eigenvalue weighted by Crippen LogP contribution is -2.39. The maximum atomic E-state index is 13.1. The van der Waals surface area contributed by atoms with Crippen LogP contribution in [0.4, 0.5) is 5.69 Å².